The van der Waals surface area contributed by atoms with Crippen LogP contribution in [0.3, 0.4) is 0 Å². The minimum absolute atomic E-state index is 0.163. The van der Waals surface area contributed by atoms with Gasteiger partial charge in [0, 0.05) is 34.8 Å². The quantitative estimate of drug-likeness (QED) is 0.245. The van der Waals surface area contributed by atoms with Crippen molar-refractivity contribution in [2.75, 3.05) is 13.7 Å². The third-order valence-electron chi connectivity index (χ3n) is 6.45. The smallest absolute Gasteiger partial charge is 0.416 e. The van der Waals surface area contributed by atoms with E-state index in [1.807, 2.05) is 0 Å². The molecule has 1 aliphatic rings. The minimum atomic E-state index is -4.85. The van der Waals surface area contributed by atoms with Gasteiger partial charge in [0.25, 0.3) is 5.91 Å². The van der Waals surface area contributed by atoms with Gasteiger partial charge >= 0.3 is 6.18 Å². The van der Waals surface area contributed by atoms with Crippen LogP contribution in [0.4, 0.5) is 30.7 Å². The van der Waals surface area contributed by atoms with Crippen molar-refractivity contribution < 1.29 is 40.3 Å². The molecule has 192 valence electrons. The van der Waals surface area contributed by atoms with E-state index in [1.54, 1.807) is 18.2 Å². The fraction of sp³-hybridized carbons (Fsp3) is 0.192. The average molecular weight is 522 g/mol. The molecule has 0 spiro atoms. The maximum absolute atomic E-state index is 15.0. The molecule has 0 saturated heterocycles. The van der Waals surface area contributed by atoms with Gasteiger partial charge in [-0.3, -0.25) is 4.79 Å². The molecule has 0 bridgehead atoms. The van der Waals surface area contributed by atoms with Crippen molar-refractivity contribution in [3.63, 3.8) is 0 Å². The largest absolute Gasteiger partial charge is 0.497 e. The van der Waals surface area contributed by atoms with Crippen LogP contribution in [0, 0.1) is 23.3 Å². The lowest BCUT2D eigenvalue weighted by Crippen LogP contribution is -2.41. The van der Waals surface area contributed by atoms with Crippen molar-refractivity contribution >= 4 is 16.8 Å². The highest BCUT2D eigenvalue weighted by molar-refractivity contribution is 5.96. The van der Waals surface area contributed by atoms with Gasteiger partial charge in [-0.05, 0) is 54.4 Å². The summed E-state index contributed by atoms with van der Waals surface area (Å²) in [6.07, 6.45) is -4.68. The molecule has 3 aromatic carbocycles. The molecule has 1 aromatic heterocycles. The van der Waals surface area contributed by atoms with Gasteiger partial charge in [-0.15, -0.1) is 0 Å². The van der Waals surface area contributed by atoms with Gasteiger partial charge in [0.05, 0.1) is 18.2 Å². The summed E-state index contributed by atoms with van der Waals surface area (Å²) in [4.78, 5) is 17.5. The number of alkyl halides is 3. The molecule has 0 unspecified atom stereocenters. The van der Waals surface area contributed by atoms with Crippen LogP contribution >= 0.6 is 0 Å². The number of hydrogen-bond donors (Lipinski definition) is 1. The summed E-state index contributed by atoms with van der Waals surface area (Å²) in [6.45, 7) is -0.172. The first-order chi connectivity index (χ1) is 17.5. The number of aromatic amines is 1. The maximum Gasteiger partial charge on any atom is 0.416 e. The first kappa shape index (κ1) is 24.7. The fourth-order valence-corrected chi connectivity index (χ4v) is 4.70. The summed E-state index contributed by atoms with van der Waals surface area (Å²) in [7, 11) is 1.46. The molecule has 1 atom stereocenters. The molecule has 37 heavy (non-hydrogen) atoms. The normalized spacial score (nSPS) is 15.7. The summed E-state index contributed by atoms with van der Waals surface area (Å²) >= 11 is 0. The van der Waals surface area contributed by atoms with Crippen LogP contribution in [-0.4, -0.2) is 29.4 Å². The summed E-state index contributed by atoms with van der Waals surface area (Å²) in [6, 6.07) is 5.90. The van der Waals surface area contributed by atoms with Crippen LogP contribution in [-0.2, 0) is 12.6 Å². The molecule has 11 heteroatoms. The van der Waals surface area contributed by atoms with Gasteiger partial charge in [-0.1, -0.05) is 0 Å². The predicted molar refractivity (Wildman–Crippen MR) is 119 cm³/mol. The number of methoxy groups -OCH3 is 1. The Labute approximate surface area is 205 Å². The van der Waals surface area contributed by atoms with Crippen molar-refractivity contribution in [1.82, 2.24) is 9.88 Å². The van der Waals surface area contributed by atoms with E-state index in [-0.39, 0.29) is 18.7 Å². The zero-order valence-corrected chi connectivity index (χ0v) is 19.0. The number of H-pyrrole nitrogens is 1. The van der Waals surface area contributed by atoms with Crippen LogP contribution in [0.5, 0.6) is 5.75 Å². The van der Waals surface area contributed by atoms with Gasteiger partial charge in [0.1, 0.15) is 23.4 Å². The number of aromatic nitrogens is 1. The molecule has 1 amide bonds. The van der Waals surface area contributed by atoms with Crippen molar-refractivity contribution in [1.29, 1.82) is 0 Å². The molecule has 0 radical (unpaired) electrons. The number of halogens is 7. The number of rotatable bonds is 3. The molecule has 1 N–H and O–H groups in total. The van der Waals surface area contributed by atoms with Crippen LogP contribution in [0.15, 0.2) is 48.5 Å². The molecule has 1 aliphatic heterocycles. The van der Waals surface area contributed by atoms with Gasteiger partial charge < -0.3 is 14.6 Å². The second-order valence-corrected chi connectivity index (χ2v) is 8.56. The van der Waals surface area contributed by atoms with Crippen molar-refractivity contribution in [2.24, 2.45) is 0 Å². The Morgan fingerprint density at radius 2 is 1.68 bits per heavy atom. The maximum atomic E-state index is 15.0. The number of fused-ring (bicyclic) bond motifs is 3. The Morgan fingerprint density at radius 3 is 2.38 bits per heavy atom. The fourth-order valence-electron chi connectivity index (χ4n) is 4.70. The van der Waals surface area contributed by atoms with Crippen LogP contribution in [0.1, 0.15) is 38.8 Å². The van der Waals surface area contributed by atoms with E-state index in [1.165, 1.54) is 7.11 Å². The number of hydrogen-bond acceptors (Lipinski definition) is 2. The van der Waals surface area contributed by atoms with E-state index in [4.69, 9.17) is 4.74 Å². The number of carbonyl (C=O) groups is 1. The van der Waals surface area contributed by atoms with Gasteiger partial charge in [-0.25, -0.2) is 17.6 Å². The first-order valence-electron chi connectivity index (χ1n) is 11.0. The van der Waals surface area contributed by atoms with E-state index in [9.17, 15) is 31.1 Å². The second kappa shape index (κ2) is 8.82. The molecule has 0 saturated carbocycles. The molecule has 2 heterocycles. The highest BCUT2D eigenvalue weighted by Gasteiger charge is 2.39. The van der Waals surface area contributed by atoms with Crippen molar-refractivity contribution in [3.8, 4) is 5.75 Å². The number of nitrogens with zero attached hydrogens (tertiary/aromatic N) is 1. The second-order valence-electron chi connectivity index (χ2n) is 8.56. The number of carbonyl (C=O) groups excluding carboxylic acids is 1. The lowest BCUT2D eigenvalue weighted by Gasteiger charge is -2.36. The third kappa shape index (κ3) is 4.17. The zero-order valence-electron chi connectivity index (χ0n) is 19.0. The lowest BCUT2D eigenvalue weighted by molar-refractivity contribution is -0.137. The molecule has 4 aromatic rings. The number of ether oxygens (including phenoxy) is 1. The van der Waals surface area contributed by atoms with E-state index in [0.29, 0.717) is 52.5 Å². The van der Waals surface area contributed by atoms with Crippen LogP contribution in [0.25, 0.3) is 10.9 Å². The van der Waals surface area contributed by atoms with Gasteiger partial charge in [-0.2, -0.15) is 13.2 Å². The van der Waals surface area contributed by atoms with E-state index < -0.39 is 58.1 Å². The Balaban J connectivity index is 1.71. The SMILES string of the molecule is COc1ccc2[nH]c3c(c2c1)CCN(C(=O)c1cc(C(F)(F)F)ccc1F)[C@H]3c1cc(F)c(F)cc1F. The van der Waals surface area contributed by atoms with E-state index in [2.05, 4.69) is 4.98 Å². The zero-order chi connectivity index (χ0) is 26.6. The number of nitrogens with one attached hydrogen (secondary N) is 1. The Hall–Kier alpha value is -4.02. The van der Waals surface area contributed by atoms with E-state index in [0.717, 1.165) is 4.90 Å². The van der Waals surface area contributed by atoms with Gasteiger partial charge in [0.15, 0.2) is 11.6 Å². The summed E-state index contributed by atoms with van der Waals surface area (Å²) < 4.78 is 103. The molecule has 0 aliphatic carbocycles. The lowest BCUT2D eigenvalue weighted by atomic mass is 9.91. The Kier molecular flexibility index (Phi) is 5.88. The number of amides is 1. The summed E-state index contributed by atoms with van der Waals surface area (Å²) in [5.74, 6) is -5.90. The average Bonchev–Trinajstić information content (AvgIpc) is 3.23. The molecule has 5 rings (SSSR count). The molecule has 0 fully saturated rings. The minimum Gasteiger partial charge on any atom is -0.497 e. The van der Waals surface area contributed by atoms with Crippen LogP contribution in [0.2, 0.25) is 0 Å². The Bertz CT molecular complexity index is 1540. The van der Waals surface area contributed by atoms with Crippen molar-refractivity contribution in [2.45, 2.75) is 18.6 Å². The summed E-state index contributed by atoms with van der Waals surface area (Å²) in [5.41, 5.74) is -1.15. The predicted octanol–water partition coefficient (Wildman–Crippen LogP) is 6.54. The van der Waals surface area contributed by atoms with Crippen molar-refractivity contribution in [3.05, 3.63) is 99.7 Å². The summed E-state index contributed by atoms with van der Waals surface area (Å²) in [5, 5.41) is 0.666. The highest BCUT2D eigenvalue weighted by Crippen LogP contribution is 2.41. The third-order valence-corrected chi connectivity index (χ3v) is 6.45. The molecular formula is C26H17F7N2O2. The molecule has 4 nitrogen and oxygen atoms in total. The standard InChI is InChI=1S/C26H17F7N2O2/c1-37-13-3-5-22-15(9-13)14-6-7-35(25(36)17-8-12(26(31,32)33)2-4-18(17)27)24(23(14)34-22)16-10-20(29)21(30)11-19(16)28/h2-5,8-11,24,34H,6-7H2,1H3/t24-/m0/s1. The molecular weight excluding hydrogens is 505 g/mol. The van der Waals surface area contributed by atoms with Gasteiger partial charge in [0.2, 0.25) is 0 Å². The number of benzene rings is 3. The highest BCUT2D eigenvalue weighted by atomic mass is 19.4. The Morgan fingerprint density at radius 1 is 0.946 bits per heavy atom. The van der Waals surface area contributed by atoms with E-state index >= 15 is 4.39 Å². The van der Waals surface area contributed by atoms with Crippen LogP contribution < -0.4 is 4.74 Å². The first-order valence-corrected chi connectivity index (χ1v) is 11.0. The monoisotopic (exact) mass is 522 g/mol. The topological polar surface area (TPSA) is 45.3 Å².